The maximum Gasteiger partial charge on any atom is 0.417 e. The molecule has 1 amide bonds. The van der Waals surface area contributed by atoms with E-state index in [-0.39, 0.29) is 5.69 Å². The molecule has 1 fully saturated rings. The highest BCUT2D eigenvalue weighted by molar-refractivity contribution is 6.31. The van der Waals surface area contributed by atoms with Crippen LogP contribution in [0.15, 0.2) is 18.2 Å². The van der Waals surface area contributed by atoms with Gasteiger partial charge in [-0.05, 0) is 18.2 Å². The predicted octanol–water partition coefficient (Wildman–Crippen LogP) is 1.28. The van der Waals surface area contributed by atoms with Gasteiger partial charge in [-0.3, -0.25) is 4.79 Å². The van der Waals surface area contributed by atoms with E-state index in [1.54, 1.807) is 0 Å². The molecule has 1 saturated heterocycles. The van der Waals surface area contributed by atoms with Crippen LogP contribution in [0.1, 0.15) is 5.56 Å². The summed E-state index contributed by atoms with van der Waals surface area (Å²) in [5.41, 5.74) is 6.85. The Bertz CT molecular complexity index is 488. The fourth-order valence-electron chi connectivity index (χ4n) is 1.55. The minimum Gasteiger partial charge on any atom is -0.325 e. The summed E-state index contributed by atoms with van der Waals surface area (Å²) >= 11 is 5.48. The summed E-state index contributed by atoms with van der Waals surface area (Å²) in [6.07, 6.45) is -4.56. The molecular weight excluding hydrogens is 285 g/mol. The average Bonchev–Trinajstić information content (AvgIpc) is 2.83. The first-order chi connectivity index (χ1) is 8.88. The lowest BCUT2D eigenvalue weighted by Gasteiger charge is -2.13. The maximum absolute atomic E-state index is 12.6. The smallest absolute Gasteiger partial charge is 0.325 e. The van der Waals surface area contributed by atoms with Crippen molar-refractivity contribution in [3.63, 3.8) is 0 Å². The van der Waals surface area contributed by atoms with Gasteiger partial charge in [0.15, 0.2) is 0 Å². The zero-order chi connectivity index (χ0) is 14.0. The molecule has 0 radical (unpaired) electrons. The van der Waals surface area contributed by atoms with Crippen LogP contribution in [-0.4, -0.2) is 18.5 Å². The van der Waals surface area contributed by atoms with Crippen molar-refractivity contribution in [1.29, 1.82) is 0 Å². The van der Waals surface area contributed by atoms with E-state index in [1.165, 1.54) is 6.07 Å². The molecule has 5 nitrogen and oxygen atoms in total. The first-order valence-corrected chi connectivity index (χ1v) is 5.67. The second kappa shape index (κ2) is 5.33. The van der Waals surface area contributed by atoms with E-state index in [4.69, 9.17) is 11.6 Å². The highest BCUT2D eigenvalue weighted by Crippen LogP contribution is 2.36. The first kappa shape index (κ1) is 14.1. The number of hydrogen-bond donors (Lipinski definition) is 4. The third-order valence-electron chi connectivity index (χ3n) is 2.50. The molecule has 1 unspecified atom stereocenters. The fourth-order valence-corrected chi connectivity index (χ4v) is 1.77. The van der Waals surface area contributed by atoms with E-state index < -0.39 is 28.7 Å². The van der Waals surface area contributed by atoms with E-state index in [2.05, 4.69) is 21.7 Å². The lowest BCUT2D eigenvalue weighted by Crippen LogP contribution is -2.41. The van der Waals surface area contributed by atoms with Crippen LogP contribution in [0.3, 0.4) is 0 Å². The zero-order valence-electron chi connectivity index (χ0n) is 9.44. The fraction of sp³-hybridized carbons (Fsp3) is 0.300. The van der Waals surface area contributed by atoms with Gasteiger partial charge in [-0.25, -0.2) is 10.9 Å². The Morgan fingerprint density at radius 2 is 2.16 bits per heavy atom. The van der Waals surface area contributed by atoms with Crippen molar-refractivity contribution >= 4 is 23.2 Å². The third kappa shape index (κ3) is 3.35. The molecule has 1 aliphatic heterocycles. The Labute approximate surface area is 111 Å². The minimum absolute atomic E-state index is 0.0374. The predicted molar refractivity (Wildman–Crippen MR) is 63.1 cm³/mol. The number of carbonyl (C=O) groups is 1. The van der Waals surface area contributed by atoms with Gasteiger partial charge in [0.1, 0.15) is 6.04 Å². The molecule has 0 bridgehead atoms. The van der Waals surface area contributed by atoms with Crippen molar-refractivity contribution in [2.75, 3.05) is 11.9 Å². The molecule has 2 rings (SSSR count). The van der Waals surface area contributed by atoms with Gasteiger partial charge in [-0.15, -0.1) is 0 Å². The normalized spacial score (nSPS) is 19.5. The van der Waals surface area contributed by atoms with E-state index >= 15 is 0 Å². The van der Waals surface area contributed by atoms with Crippen molar-refractivity contribution in [3.05, 3.63) is 28.8 Å². The molecule has 104 valence electrons. The third-order valence-corrected chi connectivity index (χ3v) is 2.83. The van der Waals surface area contributed by atoms with Crippen LogP contribution in [0.25, 0.3) is 0 Å². The number of carbonyl (C=O) groups excluding carboxylic acids is 1. The lowest BCUT2D eigenvalue weighted by atomic mass is 10.2. The Morgan fingerprint density at radius 3 is 2.74 bits per heavy atom. The summed E-state index contributed by atoms with van der Waals surface area (Å²) in [5, 5.41) is 1.97. The average molecular weight is 295 g/mol. The standard InChI is InChI=1S/C10H10ClF3N4O/c11-7-2-1-5(3-6(7)10(12,13)14)16-9(19)8-4-15-18-17-8/h1-3,8,15,17-18H,4H2,(H,16,19). The molecule has 19 heavy (non-hydrogen) atoms. The molecule has 1 atom stereocenters. The van der Waals surface area contributed by atoms with Gasteiger partial charge in [0.05, 0.1) is 10.6 Å². The van der Waals surface area contributed by atoms with Crippen LogP contribution < -0.4 is 21.7 Å². The molecule has 0 aliphatic carbocycles. The van der Waals surface area contributed by atoms with E-state index in [0.29, 0.717) is 6.54 Å². The van der Waals surface area contributed by atoms with E-state index in [1.807, 2.05) is 0 Å². The summed E-state index contributed by atoms with van der Waals surface area (Å²) in [6.45, 7) is 0.325. The summed E-state index contributed by atoms with van der Waals surface area (Å²) < 4.78 is 37.9. The highest BCUT2D eigenvalue weighted by atomic mass is 35.5. The number of hydrogen-bond acceptors (Lipinski definition) is 4. The number of hydrazine groups is 2. The van der Waals surface area contributed by atoms with Gasteiger partial charge in [0, 0.05) is 12.2 Å². The first-order valence-electron chi connectivity index (χ1n) is 5.29. The highest BCUT2D eigenvalue weighted by Gasteiger charge is 2.33. The van der Waals surface area contributed by atoms with Crippen molar-refractivity contribution in [3.8, 4) is 0 Å². The second-order valence-electron chi connectivity index (χ2n) is 3.88. The maximum atomic E-state index is 12.6. The van der Waals surface area contributed by atoms with Crippen LogP contribution in [0.2, 0.25) is 5.02 Å². The SMILES string of the molecule is O=C(Nc1ccc(Cl)c(C(F)(F)F)c1)C1CNNN1. The van der Waals surface area contributed by atoms with Crippen molar-refractivity contribution < 1.29 is 18.0 Å². The van der Waals surface area contributed by atoms with Crippen LogP contribution in [-0.2, 0) is 11.0 Å². The molecule has 0 saturated carbocycles. The van der Waals surface area contributed by atoms with Gasteiger partial charge < -0.3 is 5.32 Å². The largest absolute Gasteiger partial charge is 0.417 e. The summed E-state index contributed by atoms with van der Waals surface area (Å²) in [4.78, 5) is 11.7. The summed E-state index contributed by atoms with van der Waals surface area (Å²) in [6, 6.07) is 2.64. The Kier molecular flexibility index (Phi) is 3.95. The number of nitrogens with one attached hydrogen (secondary N) is 4. The van der Waals surface area contributed by atoms with Gasteiger partial charge in [0.2, 0.25) is 5.91 Å². The molecular formula is C10H10ClF3N4O. The van der Waals surface area contributed by atoms with Crippen LogP contribution >= 0.6 is 11.6 Å². The number of amides is 1. The Balaban J connectivity index is 2.15. The lowest BCUT2D eigenvalue weighted by molar-refractivity contribution is -0.137. The molecule has 1 aromatic carbocycles. The van der Waals surface area contributed by atoms with Crippen LogP contribution in [0, 0.1) is 0 Å². The molecule has 1 heterocycles. The van der Waals surface area contributed by atoms with Gasteiger partial charge in [-0.2, -0.15) is 18.7 Å². The zero-order valence-corrected chi connectivity index (χ0v) is 10.2. The number of alkyl halides is 3. The Hall–Kier alpha value is -1.35. The summed E-state index contributed by atoms with van der Waals surface area (Å²) in [5.74, 6) is -0.451. The van der Waals surface area contributed by atoms with Crippen LogP contribution in [0.4, 0.5) is 18.9 Å². The number of rotatable bonds is 2. The quantitative estimate of drug-likeness (QED) is 0.663. The van der Waals surface area contributed by atoms with Gasteiger partial charge in [-0.1, -0.05) is 11.6 Å². The molecule has 0 spiro atoms. The number of halogens is 4. The monoisotopic (exact) mass is 294 g/mol. The molecule has 1 aliphatic rings. The van der Waals surface area contributed by atoms with Gasteiger partial charge >= 0.3 is 6.18 Å². The molecule has 9 heteroatoms. The van der Waals surface area contributed by atoms with Crippen molar-refractivity contribution in [2.24, 2.45) is 0 Å². The van der Waals surface area contributed by atoms with Crippen LogP contribution in [0.5, 0.6) is 0 Å². The number of benzene rings is 1. The van der Waals surface area contributed by atoms with Gasteiger partial charge in [0.25, 0.3) is 0 Å². The molecule has 4 N–H and O–H groups in total. The number of anilines is 1. The molecule has 0 aromatic heterocycles. The minimum atomic E-state index is -4.56. The Morgan fingerprint density at radius 1 is 1.42 bits per heavy atom. The van der Waals surface area contributed by atoms with Crippen molar-refractivity contribution in [1.82, 2.24) is 16.4 Å². The molecule has 1 aromatic rings. The van der Waals surface area contributed by atoms with Crippen molar-refractivity contribution in [2.45, 2.75) is 12.2 Å². The topological polar surface area (TPSA) is 65.2 Å². The summed E-state index contributed by atoms with van der Waals surface area (Å²) in [7, 11) is 0. The van der Waals surface area contributed by atoms with E-state index in [9.17, 15) is 18.0 Å². The second-order valence-corrected chi connectivity index (χ2v) is 4.29. The van der Waals surface area contributed by atoms with E-state index in [0.717, 1.165) is 12.1 Å².